The van der Waals surface area contributed by atoms with Gasteiger partial charge in [0.05, 0.1) is 4.47 Å². The van der Waals surface area contributed by atoms with E-state index >= 15 is 0 Å². The molecule has 0 fully saturated rings. The van der Waals surface area contributed by atoms with Crippen LogP contribution in [0.2, 0.25) is 0 Å². The van der Waals surface area contributed by atoms with E-state index in [2.05, 4.69) is 20.9 Å². The van der Waals surface area contributed by atoms with Gasteiger partial charge in [-0.25, -0.2) is 4.39 Å². The van der Waals surface area contributed by atoms with Crippen molar-refractivity contribution >= 4 is 15.9 Å². The first-order valence-corrected chi connectivity index (χ1v) is 5.45. The summed E-state index contributed by atoms with van der Waals surface area (Å²) in [5.74, 6) is 0.103. The molecule has 1 heterocycles. The van der Waals surface area contributed by atoms with Gasteiger partial charge in [0.1, 0.15) is 5.82 Å². The van der Waals surface area contributed by atoms with E-state index in [1.807, 2.05) is 24.4 Å². The van der Waals surface area contributed by atoms with Crippen molar-refractivity contribution in [2.75, 3.05) is 0 Å². The van der Waals surface area contributed by atoms with Crippen LogP contribution in [-0.4, -0.2) is 4.98 Å². The lowest BCUT2D eigenvalue weighted by Crippen LogP contribution is -1.84. The Balaban J connectivity index is 2.01. The highest BCUT2D eigenvalue weighted by Gasteiger charge is 2.33. The molecule has 1 aliphatic rings. The number of hydrogen-bond donors (Lipinski definition) is 0. The normalized spacial score (nSPS) is 17.3. The quantitative estimate of drug-likeness (QED) is 0.655. The van der Waals surface area contributed by atoms with Gasteiger partial charge in [0.2, 0.25) is 0 Å². The van der Waals surface area contributed by atoms with Crippen LogP contribution in [0, 0.1) is 5.82 Å². The predicted molar refractivity (Wildman–Crippen MR) is 59.3 cm³/mol. The number of benzene rings is 1. The second-order valence-corrected chi connectivity index (χ2v) is 4.47. The Morgan fingerprint density at radius 3 is 2.73 bits per heavy atom. The van der Waals surface area contributed by atoms with Crippen molar-refractivity contribution in [2.24, 2.45) is 0 Å². The third-order valence-electron chi connectivity index (χ3n) is 2.70. The molecule has 0 aliphatic heterocycles. The van der Waals surface area contributed by atoms with Gasteiger partial charge in [-0.2, -0.15) is 0 Å². The fourth-order valence-corrected chi connectivity index (χ4v) is 2.29. The molecule has 0 radical (unpaired) electrons. The SMILES string of the molecule is Fc1ccc(C2c3ccncc32)cc1Br. The van der Waals surface area contributed by atoms with Crippen LogP contribution in [0.1, 0.15) is 22.6 Å². The molecule has 0 N–H and O–H groups in total. The van der Waals surface area contributed by atoms with E-state index in [1.165, 1.54) is 17.2 Å². The standard InChI is InChI=1S/C12H7BrFN/c13-10-5-7(1-2-11(10)14)12-8-3-4-15-6-9(8)12/h1-6,12H. The molecule has 0 bridgehead atoms. The van der Waals surface area contributed by atoms with Gasteiger partial charge >= 0.3 is 0 Å². The molecule has 1 unspecified atom stereocenters. The van der Waals surface area contributed by atoms with E-state index in [4.69, 9.17) is 0 Å². The van der Waals surface area contributed by atoms with Gasteiger partial charge in [0.15, 0.2) is 0 Å². The molecule has 1 aliphatic carbocycles. The molecule has 1 nitrogen and oxygen atoms in total. The highest BCUT2D eigenvalue weighted by molar-refractivity contribution is 9.10. The van der Waals surface area contributed by atoms with Gasteiger partial charge in [-0.1, -0.05) is 6.07 Å². The lowest BCUT2D eigenvalue weighted by atomic mass is 10.1. The second kappa shape index (κ2) is 3.14. The Labute approximate surface area is 95.1 Å². The maximum absolute atomic E-state index is 13.1. The zero-order chi connectivity index (χ0) is 10.4. The molecule has 1 aromatic heterocycles. The number of hydrogen-bond acceptors (Lipinski definition) is 1. The zero-order valence-electron chi connectivity index (χ0n) is 7.74. The molecule has 1 atom stereocenters. The molecule has 3 heteroatoms. The van der Waals surface area contributed by atoms with E-state index in [9.17, 15) is 4.39 Å². The summed E-state index contributed by atoms with van der Waals surface area (Å²) >= 11 is 3.20. The Kier molecular flexibility index (Phi) is 1.89. The smallest absolute Gasteiger partial charge is 0.137 e. The van der Waals surface area contributed by atoms with Crippen molar-refractivity contribution in [1.29, 1.82) is 0 Å². The van der Waals surface area contributed by atoms with Crippen LogP contribution in [-0.2, 0) is 0 Å². The Morgan fingerprint density at radius 2 is 2.07 bits per heavy atom. The topological polar surface area (TPSA) is 12.9 Å². The van der Waals surface area contributed by atoms with Gasteiger partial charge in [-0.15, -0.1) is 0 Å². The lowest BCUT2D eigenvalue weighted by Gasteiger charge is -1.99. The molecule has 3 rings (SSSR count). The molecule has 0 amide bonds. The molecule has 15 heavy (non-hydrogen) atoms. The number of fused-ring (bicyclic) bond motifs is 1. The van der Waals surface area contributed by atoms with E-state index < -0.39 is 0 Å². The van der Waals surface area contributed by atoms with E-state index in [0.717, 1.165) is 5.56 Å². The summed E-state index contributed by atoms with van der Waals surface area (Å²) in [4.78, 5) is 4.07. The average Bonchev–Trinajstić information content (AvgIpc) is 2.96. The van der Waals surface area contributed by atoms with Gasteiger partial charge in [-0.3, -0.25) is 4.98 Å². The fraction of sp³-hybridized carbons (Fsp3) is 0.0833. The maximum atomic E-state index is 13.1. The second-order valence-electron chi connectivity index (χ2n) is 3.61. The van der Waals surface area contributed by atoms with Crippen LogP contribution in [0.25, 0.3) is 0 Å². The fourth-order valence-electron chi connectivity index (χ4n) is 1.90. The van der Waals surface area contributed by atoms with Crippen molar-refractivity contribution in [3.8, 4) is 0 Å². The minimum Gasteiger partial charge on any atom is -0.264 e. The van der Waals surface area contributed by atoms with Gasteiger partial charge in [0, 0.05) is 18.3 Å². The summed E-state index contributed by atoms with van der Waals surface area (Å²) in [5.41, 5.74) is 3.66. The number of halogens is 2. The third kappa shape index (κ3) is 1.38. The molecule has 1 aromatic carbocycles. The first-order valence-electron chi connectivity index (χ1n) is 4.66. The van der Waals surface area contributed by atoms with Crippen LogP contribution >= 0.6 is 15.9 Å². The summed E-state index contributed by atoms with van der Waals surface area (Å²) in [6.07, 6.45) is 3.66. The van der Waals surface area contributed by atoms with Gasteiger partial charge in [-0.05, 0) is 50.8 Å². The third-order valence-corrected chi connectivity index (χ3v) is 3.31. The highest BCUT2D eigenvalue weighted by Crippen LogP contribution is 2.47. The first-order chi connectivity index (χ1) is 7.27. The van der Waals surface area contributed by atoms with Crippen LogP contribution in [0.4, 0.5) is 4.39 Å². The summed E-state index contributed by atoms with van der Waals surface area (Å²) in [7, 11) is 0. The summed E-state index contributed by atoms with van der Waals surface area (Å²) in [6.45, 7) is 0. The summed E-state index contributed by atoms with van der Waals surface area (Å²) in [5, 5.41) is 0. The van der Waals surface area contributed by atoms with E-state index in [1.54, 1.807) is 6.20 Å². The summed E-state index contributed by atoms with van der Waals surface area (Å²) in [6, 6.07) is 7.16. The average molecular weight is 264 g/mol. The number of pyridine rings is 1. The van der Waals surface area contributed by atoms with Gasteiger partial charge in [0.25, 0.3) is 0 Å². The van der Waals surface area contributed by atoms with E-state index in [-0.39, 0.29) is 5.82 Å². The van der Waals surface area contributed by atoms with Crippen molar-refractivity contribution in [3.63, 3.8) is 0 Å². The van der Waals surface area contributed by atoms with Crippen molar-refractivity contribution in [1.82, 2.24) is 4.98 Å². The van der Waals surface area contributed by atoms with Crippen LogP contribution in [0.5, 0.6) is 0 Å². The summed E-state index contributed by atoms with van der Waals surface area (Å²) < 4.78 is 13.6. The molecule has 2 aromatic rings. The Bertz CT molecular complexity index is 516. The number of rotatable bonds is 1. The van der Waals surface area contributed by atoms with Gasteiger partial charge < -0.3 is 0 Å². The van der Waals surface area contributed by atoms with Crippen LogP contribution in [0.3, 0.4) is 0 Å². The molecule has 0 spiro atoms. The lowest BCUT2D eigenvalue weighted by molar-refractivity contribution is 0.620. The monoisotopic (exact) mass is 263 g/mol. The predicted octanol–water partition coefficient (Wildman–Crippen LogP) is 3.48. The van der Waals surface area contributed by atoms with E-state index in [0.29, 0.717) is 10.4 Å². The molecular weight excluding hydrogens is 257 g/mol. The van der Waals surface area contributed by atoms with Crippen molar-refractivity contribution in [2.45, 2.75) is 5.92 Å². The minimum atomic E-state index is -0.221. The Morgan fingerprint density at radius 1 is 1.20 bits per heavy atom. The number of aromatic nitrogens is 1. The largest absolute Gasteiger partial charge is 0.264 e. The molecule has 74 valence electrons. The zero-order valence-corrected chi connectivity index (χ0v) is 9.33. The molecule has 0 saturated heterocycles. The Hall–Kier alpha value is -1.22. The van der Waals surface area contributed by atoms with Crippen LogP contribution < -0.4 is 0 Å². The first kappa shape index (κ1) is 9.04. The minimum absolute atomic E-state index is 0.221. The molecular formula is C12H7BrFN. The number of nitrogens with zero attached hydrogens (tertiary/aromatic N) is 1. The highest BCUT2D eigenvalue weighted by atomic mass is 79.9. The van der Waals surface area contributed by atoms with Crippen molar-refractivity contribution < 1.29 is 4.39 Å². The molecule has 0 saturated carbocycles. The van der Waals surface area contributed by atoms with Crippen molar-refractivity contribution in [3.05, 3.63) is 63.6 Å². The maximum Gasteiger partial charge on any atom is 0.137 e. The van der Waals surface area contributed by atoms with Crippen LogP contribution in [0.15, 0.2) is 41.1 Å².